The van der Waals surface area contributed by atoms with Crippen LogP contribution in [-0.2, 0) is 4.74 Å². The summed E-state index contributed by atoms with van der Waals surface area (Å²) in [5.74, 6) is 6.81. The second kappa shape index (κ2) is 9.34. The lowest BCUT2D eigenvalue weighted by atomic mass is 10.1. The molecule has 0 heterocycles. The van der Waals surface area contributed by atoms with Crippen LogP contribution in [0, 0.1) is 18.8 Å². The predicted molar refractivity (Wildman–Crippen MR) is 99.9 cm³/mol. The number of hydrogen-bond acceptors (Lipinski definition) is 3. The van der Waals surface area contributed by atoms with Crippen molar-refractivity contribution in [2.45, 2.75) is 20.8 Å². The highest BCUT2D eigenvalue weighted by molar-refractivity contribution is 5.89. The second-order valence-electron chi connectivity index (χ2n) is 5.36. The van der Waals surface area contributed by atoms with Gasteiger partial charge in [-0.25, -0.2) is 4.79 Å². The highest BCUT2D eigenvalue weighted by Gasteiger charge is 2.05. The van der Waals surface area contributed by atoms with Crippen LogP contribution >= 0.6 is 0 Å². The highest BCUT2D eigenvalue weighted by atomic mass is 16.5. The molecule has 2 aromatic rings. The maximum Gasteiger partial charge on any atom is 0.338 e. The van der Waals surface area contributed by atoms with Crippen molar-refractivity contribution in [1.82, 2.24) is 0 Å². The quantitative estimate of drug-likeness (QED) is 0.458. The fraction of sp³-hybridized carbons (Fsp3) is 0.227. The molecule has 0 aliphatic heterocycles. The lowest BCUT2D eigenvalue weighted by Gasteiger charge is -2.08. The number of allylic oxidation sites excluding steroid dienone is 1. The Bertz CT molecular complexity index is 805. The standard InChI is InChI=1S/C22H22O3/c1-4-6-16-25-21-9-7-8-19(17(21)3)13-10-18-11-14-20(15-12-18)22(23)24-5-2/h4,6-9,11-12,14-15H,5,16H2,1-3H3. The van der Waals surface area contributed by atoms with Crippen LogP contribution in [0.4, 0.5) is 0 Å². The summed E-state index contributed by atoms with van der Waals surface area (Å²) in [6.07, 6.45) is 3.92. The molecular weight excluding hydrogens is 312 g/mol. The Kier molecular flexibility index (Phi) is 6.86. The molecule has 128 valence electrons. The van der Waals surface area contributed by atoms with Gasteiger partial charge in [0.05, 0.1) is 12.2 Å². The van der Waals surface area contributed by atoms with E-state index in [-0.39, 0.29) is 5.97 Å². The predicted octanol–water partition coefficient (Wildman–Crippen LogP) is 4.53. The summed E-state index contributed by atoms with van der Waals surface area (Å²) in [7, 11) is 0. The van der Waals surface area contributed by atoms with Crippen molar-refractivity contribution in [2.24, 2.45) is 0 Å². The maximum atomic E-state index is 11.6. The number of benzene rings is 2. The molecule has 2 rings (SSSR count). The molecule has 0 saturated carbocycles. The van der Waals surface area contributed by atoms with E-state index in [9.17, 15) is 4.79 Å². The first-order valence-electron chi connectivity index (χ1n) is 8.28. The Morgan fingerprint density at radius 1 is 1.12 bits per heavy atom. The summed E-state index contributed by atoms with van der Waals surface area (Å²) >= 11 is 0. The molecular formula is C22H22O3. The fourth-order valence-corrected chi connectivity index (χ4v) is 2.18. The molecule has 2 aromatic carbocycles. The number of hydrogen-bond donors (Lipinski definition) is 0. The molecule has 0 unspecified atom stereocenters. The molecule has 0 bridgehead atoms. The number of esters is 1. The third-order valence-corrected chi connectivity index (χ3v) is 3.59. The monoisotopic (exact) mass is 334 g/mol. The molecule has 0 aliphatic carbocycles. The van der Waals surface area contributed by atoms with Gasteiger partial charge in [0.15, 0.2) is 0 Å². The van der Waals surface area contributed by atoms with Crippen molar-refractivity contribution in [3.8, 4) is 17.6 Å². The minimum absolute atomic E-state index is 0.316. The molecule has 25 heavy (non-hydrogen) atoms. The lowest BCUT2D eigenvalue weighted by molar-refractivity contribution is 0.0526. The van der Waals surface area contributed by atoms with Gasteiger partial charge in [-0.3, -0.25) is 0 Å². The van der Waals surface area contributed by atoms with Crippen molar-refractivity contribution in [3.05, 3.63) is 76.9 Å². The van der Waals surface area contributed by atoms with Gasteiger partial charge >= 0.3 is 5.97 Å². The Balaban J connectivity index is 2.15. The topological polar surface area (TPSA) is 35.5 Å². The number of carbonyl (C=O) groups is 1. The minimum atomic E-state index is -0.316. The SMILES string of the molecule is CC=CCOc1cccc(C#Cc2ccc(C(=O)OCC)cc2)c1C. The van der Waals surface area contributed by atoms with E-state index in [0.717, 1.165) is 22.4 Å². The van der Waals surface area contributed by atoms with Crippen LogP contribution in [0.2, 0.25) is 0 Å². The first-order chi connectivity index (χ1) is 12.2. The molecule has 0 spiro atoms. The summed E-state index contributed by atoms with van der Waals surface area (Å²) in [5.41, 5.74) is 3.31. The minimum Gasteiger partial charge on any atom is -0.489 e. The fourth-order valence-electron chi connectivity index (χ4n) is 2.18. The van der Waals surface area contributed by atoms with Gasteiger partial charge in [0, 0.05) is 16.7 Å². The Morgan fingerprint density at radius 3 is 2.56 bits per heavy atom. The molecule has 0 aliphatic rings. The summed E-state index contributed by atoms with van der Waals surface area (Å²) in [4.78, 5) is 11.6. The highest BCUT2D eigenvalue weighted by Crippen LogP contribution is 2.21. The van der Waals surface area contributed by atoms with Gasteiger partial charge in [0.2, 0.25) is 0 Å². The van der Waals surface area contributed by atoms with Gasteiger partial charge in [-0.15, -0.1) is 0 Å². The molecule has 0 N–H and O–H groups in total. The zero-order valence-electron chi connectivity index (χ0n) is 14.8. The van der Waals surface area contributed by atoms with E-state index in [1.165, 1.54) is 0 Å². The number of ether oxygens (including phenoxy) is 2. The molecule has 0 atom stereocenters. The van der Waals surface area contributed by atoms with Crippen molar-refractivity contribution < 1.29 is 14.3 Å². The maximum absolute atomic E-state index is 11.6. The van der Waals surface area contributed by atoms with Crippen LogP contribution in [0.5, 0.6) is 5.75 Å². The zero-order valence-corrected chi connectivity index (χ0v) is 14.8. The number of carbonyl (C=O) groups excluding carboxylic acids is 1. The average molecular weight is 334 g/mol. The smallest absolute Gasteiger partial charge is 0.338 e. The van der Waals surface area contributed by atoms with E-state index >= 15 is 0 Å². The first kappa shape index (κ1) is 18.4. The summed E-state index contributed by atoms with van der Waals surface area (Å²) in [6.45, 7) is 6.66. The van der Waals surface area contributed by atoms with E-state index in [1.54, 1.807) is 19.1 Å². The summed E-state index contributed by atoms with van der Waals surface area (Å²) in [5, 5.41) is 0. The van der Waals surface area contributed by atoms with E-state index in [2.05, 4.69) is 11.8 Å². The summed E-state index contributed by atoms with van der Waals surface area (Å²) < 4.78 is 10.7. The second-order valence-corrected chi connectivity index (χ2v) is 5.36. The lowest BCUT2D eigenvalue weighted by Crippen LogP contribution is -2.04. The molecule has 0 saturated heterocycles. The van der Waals surface area contributed by atoms with Crippen molar-refractivity contribution in [3.63, 3.8) is 0 Å². The van der Waals surface area contributed by atoms with Gasteiger partial charge in [-0.1, -0.05) is 30.1 Å². The molecule has 0 fully saturated rings. The van der Waals surface area contributed by atoms with Crippen LogP contribution in [0.25, 0.3) is 0 Å². The molecule has 0 amide bonds. The van der Waals surface area contributed by atoms with Gasteiger partial charge < -0.3 is 9.47 Å². The normalized spacial score (nSPS) is 10.2. The third-order valence-electron chi connectivity index (χ3n) is 3.59. The number of rotatable bonds is 5. The van der Waals surface area contributed by atoms with Crippen LogP contribution in [-0.4, -0.2) is 19.2 Å². The van der Waals surface area contributed by atoms with Crippen LogP contribution in [0.3, 0.4) is 0 Å². The Labute approximate surface area is 149 Å². The van der Waals surface area contributed by atoms with E-state index < -0.39 is 0 Å². The van der Waals surface area contributed by atoms with E-state index in [1.807, 2.05) is 56.3 Å². The van der Waals surface area contributed by atoms with Crippen LogP contribution in [0.15, 0.2) is 54.6 Å². The molecule has 0 radical (unpaired) electrons. The molecule has 3 heteroatoms. The van der Waals surface area contributed by atoms with Gasteiger partial charge in [-0.2, -0.15) is 0 Å². The average Bonchev–Trinajstić information content (AvgIpc) is 2.63. The van der Waals surface area contributed by atoms with Gasteiger partial charge in [0.25, 0.3) is 0 Å². The van der Waals surface area contributed by atoms with Crippen LogP contribution in [0.1, 0.15) is 40.9 Å². The van der Waals surface area contributed by atoms with E-state index in [4.69, 9.17) is 9.47 Å². The van der Waals surface area contributed by atoms with Crippen LogP contribution < -0.4 is 4.74 Å². The van der Waals surface area contributed by atoms with Crippen molar-refractivity contribution in [1.29, 1.82) is 0 Å². The first-order valence-corrected chi connectivity index (χ1v) is 8.28. The van der Waals surface area contributed by atoms with E-state index in [0.29, 0.717) is 18.8 Å². The Hall–Kier alpha value is -2.99. The molecule has 0 aromatic heterocycles. The Morgan fingerprint density at radius 2 is 1.88 bits per heavy atom. The van der Waals surface area contributed by atoms with Crippen molar-refractivity contribution in [2.75, 3.05) is 13.2 Å². The van der Waals surface area contributed by atoms with Gasteiger partial charge in [0.1, 0.15) is 12.4 Å². The third kappa shape index (κ3) is 5.26. The zero-order chi connectivity index (χ0) is 18.1. The summed E-state index contributed by atoms with van der Waals surface area (Å²) in [6, 6.07) is 12.9. The largest absolute Gasteiger partial charge is 0.489 e. The van der Waals surface area contributed by atoms with Crippen molar-refractivity contribution >= 4 is 5.97 Å². The molecule has 3 nitrogen and oxygen atoms in total. The van der Waals surface area contributed by atoms with Gasteiger partial charge in [-0.05, 0) is 57.2 Å².